The third-order valence-corrected chi connectivity index (χ3v) is 2.60. The molecule has 1 rings (SSSR count). The second-order valence-corrected chi connectivity index (χ2v) is 3.81. The molecule has 0 heterocycles. The molecule has 0 spiro atoms. The Morgan fingerprint density at radius 3 is 2.71 bits per heavy atom. The van der Waals surface area contributed by atoms with Crippen LogP contribution in [0.25, 0.3) is 0 Å². The number of hydrogen-bond acceptors (Lipinski definition) is 1. The molecule has 0 saturated heterocycles. The zero-order chi connectivity index (χ0) is 10.6. The van der Waals surface area contributed by atoms with Gasteiger partial charge in [-0.05, 0) is 50.9 Å². The summed E-state index contributed by atoms with van der Waals surface area (Å²) in [5.41, 5.74) is 1.80. The first-order valence-corrected chi connectivity index (χ1v) is 5.05. The maximum Gasteiger partial charge on any atom is 0.126 e. The van der Waals surface area contributed by atoms with Crippen LogP contribution in [0, 0.1) is 12.7 Å². The van der Waals surface area contributed by atoms with Crippen LogP contribution in [-0.4, -0.2) is 13.1 Å². The Kier molecular flexibility index (Phi) is 4.08. The molecule has 0 radical (unpaired) electrons. The lowest BCUT2D eigenvalue weighted by Crippen LogP contribution is -2.21. The zero-order valence-corrected chi connectivity index (χ0v) is 9.10. The molecule has 1 unspecified atom stereocenters. The van der Waals surface area contributed by atoms with E-state index in [1.54, 1.807) is 13.0 Å². The Morgan fingerprint density at radius 1 is 1.43 bits per heavy atom. The molecule has 1 nitrogen and oxygen atoms in total. The standard InChI is InChI=1S/C12H18FN/c1-9-4-6-11(8-12(9)13)7-5-10(2)14-3/h4,6,8,10,14H,5,7H2,1-3H3. The number of hydrogen-bond donors (Lipinski definition) is 1. The highest BCUT2D eigenvalue weighted by atomic mass is 19.1. The average Bonchev–Trinajstić information content (AvgIpc) is 2.19. The van der Waals surface area contributed by atoms with Crippen molar-refractivity contribution in [1.82, 2.24) is 5.32 Å². The lowest BCUT2D eigenvalue weighted by Gasteiger charge is -2.09. The maximum absolute atomic E-state index is 13.2. The van der Waals surface area contributed by atoms with Crippen molar-refractivity contribution in [2.75, 3.05) is 7.05 Å². The van der Waals surface area contributed by atoms with E-state index in [4.69, 9.17) is 0 Å². The van der Waals surface area contributed by atoms with Gasteiger partial charge in [0.2, 0.25) is 0 Å². The van der Waals surface area contributed by atoms with E-state index in [-0.39, 0.29) is 5.82 Å². The van der Waals surface area contributed by atoms with Gasteiger partial charge in [0.15, 0.2) is 0 Å². The molecule has 1 aromatic carbocycles. The molecule has 0 saturated carbocycles. The van der Waals surface area contributed by atoms with Crippen LogP contribution in [0.15, 0.2) is 18.2 Å². The fourth-order valence-corrected chi connectivity index (χ4v) is 1.32. The van der Waals surface area contributed by atoms with E-state index < -0.39 is 0 Å². The summed E-state index contributed by atoms with van der Waals surface area (Å²) in [6.07, 6.45) is 1.97. The molecule has 0 aliphatic rings. The van der Waals surface area contributed by atoms with Gasteiger partial charge in [-0.1, -0.05) is 12.1 Å². The number of aryl methyl sites for hydroxylation is 2. The van der Waals surface area contributed by atoms with Crippen molar-refractivity contribution in [1.29, 1.82) is 0 Å². The summed E-state index contributed by atoms with van der Waals surface area (Å²) in [5, 5.41) is 3.17. The summed E-state index contributed by atoms with van der Waals surface area (Å²) < 4.78 is 13.2. The SMILES string of the molecule is CNC(C)CCc1ccc(C)c(F)c1. The molecule has 0 aliphatic carbocycles. The number of benzene rings is 1. The minimum atomic E-state index is -0.0976. The number of nitrogens with one attached hydrogen (secondary N) is 1. The van der Waals surface area contributed by atoms with Crippen LogP contribution in [0.5, 0.6) is 0 Å². The normalized spacial score (nSPS) is 12.9. The molecule has 1 N–H and O–H groups in total. The number of halogens is 1. The second kappa shape index (κ2) is 5.11. The van der Waals surface area contributed by atoms with E-state index in [9.17, 15) is 4.39 Å². The molecular formula is C12H18FN. The van der Waals surface area contributed by atoms with Gasteiger partial charge in [0.05, 0.1) is 0 Å². The van der Waals surface area contributed by atoms with Crippen molar-refractivity contribution in [3.63, 3.8) is 0 Å². The van der Waals surface area contributed by atoms with E-state index in [2.05, 4.69) is 12.2 Å². The minimum absolute atomic E-state index is 0.0976. The van der Waals surface area contributed by atoms with Gasteiger partial charge in [-0.3, -0.25) is 0 Å². The van der Waals surface area contributed by atoms with Gasteiger partial charge in [-0.15, -0.1) is 0 Å². The molecule has 0 bridgehead atoms. The van der Waals surface area contributed by atoms with Crippen molar-refractivity contribution < 1.29 is 4.39 Å². The predicted octanol–water partition coefficient (Wildman–Crippen LogP) is 2.67. The van der Waals surface area contributed by atoms with E-state index >= 15 is 0 Å². The van der Waals surface area contributed by atoms with Crippen LogP contribution in [0.3, 0.4) is 0 Å². The van der Waals surface area contributed by atoms with Crippen LogP contribution < -0.4 is 5.32 Å². The third-order valence-electron chi connectivity index (χ3n) is 2.60. The Labute approximate surface area is 85.3 Å². The van der Waals surface area contributed by atoms with Crippen molar-refractivity contribution in [2.24, 2.45) is 0 Å². The summed E-state index contributed by atoms with van der Waals surface area (Å²) in [5.74, 6) is -0.0976. The molecule has 1 atom stereocenters. The lowest BCUT2D eigenvalue weighted by molar-refractivity contribution is 0.562. The monoisotopic (exact) mass is 195 g/mol. The van der Waals surface area contributed by atoms with E-state index in [0.717, 1.165) is 24.0 Å². The Balaban J connectivity index is 2.55. The van der Waals surface area contributed by atoms with Crippen LogP contribution in [0.4, 0.5) is 4.39 Å². The summed E-state index contributed by atoms with van der Waals surface area (Å²) >= 11 is 0. The fraction of sp³-hybridized carbons (Fsp3) is 0.500. The lowest BCUT2D eigenvalue weighted by atomic mass is 10.0. The molecule has 78 valence electrons. The Bertz CT molecular complexity index is 296. The van der Waals surface area contributed by atoms with Crippen LogP contribution in [0.1, 0.15) is 24.5 Å². The van der Waals surface area contributed by atoms with E-state index in [1.807, 2.05) is 19.2 Å². The first-order chi connectivity index (χ1) is 6.63. The molecule has 0 aromatic heterocycles. The van der Waals surface area contributed by atoms with Crippen LogP contribution in [-0.2, 0) is 6.42 Å². The summed E-state index contributed by atoms with van der Waals surface area (Å²) in [4.78, 5) is 0. The summed E-state index contributed by atoms with van der Waals surface area (Å²) in [6.45, 7) is 3.92. The topological polar surface area (TPSA) is 12.0 Å². The van der Waals surface area contributed by atoms with Crippen molar-refractivity contribution in [2.45, 2.75) is 32.7 Å². The van der Waals surface area contributed by atoms with Gasteiger partial charge in [0.25, 0.3) is 0 Å². The predicted molar refractivity (Wildman–Crippen MR) is 58.0 cm³/mol. The van der Waals surface area contributed by atoms with Gasteiger partial charge >= 0.3 is 0 Å². The Hall–Kier alpha value is -0.890. The van der Waals surface area contributed by atoms with Gasteiger partial charge < -0.3 is 5.32 Å². The van der Waals surface area contributed by atoms with Crippen LogP contribution >= 0.6 is 0 Å². The third kappa shape index (κ3) is 3.11. The molecule has 0 amide bonds. The highest BCUT2D eigenvalue weighted by Gasteiger charge is 2.02. The maximum atomic E-state index is 13.2. The zero-order valence-electron chi connectivity index (χ0n) is 9.10. The molecule has 1 aromatic rings. The summed E-state index contributed by atoms with van der Waals surface area (Å²) in [6, 6.07) is 5.96. The highest BCUT2D eigenvalue weighted by molar-refractivity contribution is 5.23. The van der Waals surface area contributed by atoms with E-state index in [0.29, 0.717) is 6.04 Å². The minimum Gasteiger partial charge on any atom is -0.317 e. The molecule has 14 heavy (non-hydrogen) atoms. The van der Waals surface area contributed by atoms with Crippen LogP contribution in [0.2, 0.25) is 0 Å². The quantitative estimate of drug-likeness (QED) is 0.779. The smallest absolute Gasteiger partial charge is 0.126 e. The summed E-state index contributed by atoms with van der Waals surface area (Å²) in [7, 11) is 1.94. The van der Waals surface area contributed by atoms with Crippen molar-refractivity contribution in [3.05, 3.63) is 35.1 Å². The van der Waals surface area contributed by atoms with Crippen molar-refractivity contribution in [3.8, 4) is 0 Å². The highest BCUT2D eigenvalue weighted by Crippen LogP contribution is 2.11. The van der Waals surface area contributed by atoms with Gasteiger partial charge in [-0.2, -0.15) is 0 Å². The Morgan fingerprint density at radius 2 is 2.14 bits per heavy atom. The van der Waals surface area contributed by atoms with E-state index in [1.165, 1.54) is 0 Å². The van der Waals surface area contributed by atoms with Gasteiger partial charge in [0.1, 0.15) is 5.82 Å². The molecular weight excluding hydrogens is 177 g/mol. The first-order valence-electron chi connectivity index (χ1n) is 5.05. The van der Waals surface area contributed by atoms with Crippen molar-refractivity contribution >= 4 is 0 Å². The largest absolute Gasteiger partial charge is 0.317 e. The molecule has 0 fully saturated rings. The average molecular weight is 195 g/mol. The van der Waals surface area contributed by atoms with Gasteiger partial charge in [-0.25, -0.2) is 4.39 Å². The molecule has 2 heteroatoms. The number of rotatable bonds is 4. The van der Waals surface area contributed by atoms with Gasteiger partial charge in [0, 0.05) is 6.04 Å². The second-order valence-electron chi connectivity index (χ2n) is 3.81. The first kappa shape index (κ1) is 11.2. The molecule has 0 aliphatic heterocycles. The fourth-order valence-electron chi connectivity index (χ4n) is 1.32.